The summed E-state index contributed by atoms with van der Waals surface area (Å²) in [4.78, 5) is 14.8. The van der Waals surface area contributed by atoms with Crippen molar-refractivity contribution in [2.75, 3.05) is 0 Å². The van der Waals surface area contributed by atoms with E-state index in [2.05, 4.69) is 15.3 Å². The molecule has 2 rings (SSSR count). The Labute approximate surface area is 77.4 Å². The largest absolute Gasteiger partial charge is 0.337 e. The maximum Gasteiger partial charge on any atom is 0.252 e. The molecule has 0 saturated heterocycles. The van der Waals surface area contributed by atoms with Crippen molar-refractivity contribution in [3.63, 3.8) is 0 Å². The second-order valence-corrected chi connectivity index (χ2v) is 3.22. The molecule has 0 saturated carbocycles. The van der Waals surface area contributed by atoms with E-state index in [0.717, 1.165) is 4.88 Å². The normalized spacial score (nSPS) is 10.2. The lowest BCUT2D eigenvalue weighted by Crippen LogP contribution is -1.79. The Morgan fingerprint density at radius 1 is 1.62 bits per heavy atom. The van der Waals surface area contributed by atoms with Crippen molar-refractivity contribution in [3.8, 4) is 10.7 Å². The summed E-state index contributed by atoms with van der Waals surface area (Å²) in [5.74, 6) is 0.757. The van der Waals surface area contributed by atoms with E-state index in [9.17, 15) is 4.91 Å². The third kappa shape index (κ3) is 1.62. The van der Waals surface area contributed by atoms with Crippen LogP contribution in [0.3, 0.4) is 0 Å². The van der Waals surface area contributed by atoms with Crippen molar-refractivity contribution in [2.45, 2.75) is 6.54 Å². The van der Waals surface area contributed by atoms with Gasteiger partial charge in [-0.3, -0.25) is 0 Å². The molecule has 0 aliphatic heterocycles. The van der Waals surface area contributed by atoms with E-state index < -0.39 is 0 Å². The zero-order valence-corrected chi connectivity index (χ0v) is 7.32. The molecule has 0 N–H and O–H groups in total. The van der Waals surface area contributed by atoms with Crippen LogP contribution in [0.4, 0.5) is 0 Å². The second-order valence-electron chi connectivity index (χ2n) is 2.28. The topological polar surface area (TPSA) is 68.3 Å². The number of thiophene rings is 1. The summed E-state index contributed by atoms with van der Waals surface area (Å²) in [5, 5.41) is 8.28. The van der Waals surface area contributed by atoms with Gasteiger partial charge < -0.3 is 4.52 Å². The molecule has 2 heterocycles. The van der Waals surface area contributed by atoms with Crippen molar-refractivity contribution >= 4 is 11.3 Å². The van der Waals surface area contributed by atoms with Crippen LogP contribution in [0.5, 0.6) is 0 Å². The Hall–Kier alpha value is -1.56. The monoisotopic (exact) mass is 195 g/mol. The van der Waals surface area contributed by atoms with Crippen LogP contribution < -0.4 is 0 Å². The van der Waals surface area contributed by atoms with Crippen LogP contribution in [0.1, 0.15) is 5.89 Å². The molecule has 0 aliphatic rings. The van der Waals surface area contributed by atoms with Gasteiger partial charge in [0, 0.05) is 0 Å². The van der Waals surface area contributed by atoms with Crippen molar-refractivity contribution in [1.82, 2.24) is 10.1 Å². The van der Waals surface area contributed by atoms with Gasteiger partial charge in [-0.1, -0.05) is 16.4 Å². The molecule has 66 valence electrons. The molecule has 0 bridgehead atoms. The highest BCUT2D eigenvalue weighted by atomic mass is 32.1. The fourth-order valence-electron chi connectivity index (χ4n) is 0.880. The highest BCUT2D eigenvalue weighted by Gasteiger charge is 2.08. The number of aromatic nitrogens is 2. The summed E-state index contributed by atoms with van der Waals surface area (Å²) < 4.78 is 4.78. The maximum absolute atomic E-state index is 9.89. The Balaban J connectivity index is 2.28. The average Bonchev–Trinajstić information content (AvgIpc) is 2.70. The molecule has 0 fully saturated rings. The maximum atomic E-state index is 9.89. The molecular weight excluding hydrogens is 190 g/mol. The van der Waals surface area contributed by atoms with Gasteiger partial charge in [0.05, 0.1) is 4.88 Å². The van der Waals surface area contributed by atoms with Crippen LogP contribution in [0.2, 0.25) is 0 Å². The van der Waals surface area contributed by atoms with Gasteiger partial charge in [0.1, 0.15) is 0 Å². The van der Waals surface area contributed by atoms with Crippen LogP contribution in [-0.2, 0) is 6.54 Å². The first-order chi connectivity index (χ1) is 6.40. The molecular formula is C7H5N3O2S. The number of nitrogens with zero attached hydrogens (tertiary/aromatic N) is 3. The number of hydrogen-bond donors (Lipinski definition) is 0. The first-order valence-electron chi connectivity index (χ1n) is 3.56. The number of rotatable bonds is 3. The van der Waals surface area contributed by atoms with Crippen LogP contribution in [-0.4, -0.2) is 10.1 Å². The minimum Gasteiger partial charge on any atom is -0.337 e. The fraction of sp³-hybridized carbons (Fsp3) is 0.143. The molecule has 0 aliphatic carbocycles. The van der Waals surface area contributed by atoms with Gasteiger partial charge in [-0.05, 0) is 11.4 Å². The van der Waals surface area contributed by atoms with E-state index in [0.29, 0.717) is 5.82 Å². The smallest absolute Gasteiger partial charge is 0.252 e. The lowest BCUT2D eigenvalue weighted by Gasteiger charge is -1.81. The molecule has 0 atom stereocenters. The third-order valence-electron chi connectivity index (χ3n) is 1.41. The standard InChI is InChI=1S/C7H5N3O2S/c11-8-4-6-9-7(10-12-6)5-2-1-3-13-5/h1-3H,4H2. The molecule has 2 aromatic rings. The fourth-order valence-corrected chi connectivity index (χ4v) is 1.53. The predicted octanol–water partition coefficient (Wildman–Crippen LogP) is 2.06. The third-order valence-corrected chi connectivity index (χ3v) is 2.28. The lowest BCUT2D eigenvalue weighted by molar-refractivity contribution is 0.380. The molecule has 5 nitrogen and oxygen atoms in total. The summed E-state index contributed by atoms with van der Waals surface area (Å²) >= 11 is 1.51. The Kier molecular flexibility index (Phi) is 2.13. The molecule has 2 aromatic heterocycles. The summed E-state index contributed by atoms with van der Waals surface area (Å²) in [6.45, 7) is -0.0711. The van der Waals surface area contributed by atoms with E-state index in [1.165, 1.54) is 11.3 Å². The van der Waals surface area contributed by atoms with Crippen LogP contribution in [0.15, 0.2) is 27.2 Å². The predicted molar refractivity (Wildman–Crippen MR) is 47.1 cm³/mol. The zero-order valence-electron chi connectivity index (χ0n) is 6.51. The van der Waals surface area contributed by atoms with E-state index in [-0.39, 0.29) is 12.4 Å². The SMILES string of the molecule is O=NCc1nc(-c2cccs2)no1. The number of hydrogen-bond acceptors (Lipinski definition) is 6. The van der Waals surface area contributed by atoms with E-state index in [1.807, 2.05) is 17.5 Å². The van der Waals surface area contributed by atoms with Gasteiger partial charge in [-0.15, -0.1) is 11.3 Å². The summed E-state index contributed by atoms with van der Waals surface area (Å²) in [7, 11) is 0. The lowest BCUT2D eigenvalue weighted by atomic mass is 10.4. The van der Waals surface area contributed by atoms with E-state index in [4.69, 9.17) is 4.52 Å². The van der Waals surface area contributed by atoms with Crippen LogP contribution >= 0.6 is 11.3 Å². The highest BCUT2D eigenvalue weighted by Crippen LogP contribution is 2.21. The first-order valence-corrected chi connectivity index (χ1v) is 4.43. The van der Waals surface area contributed by atoms with Crippen LogP contribution in [0, 0.1) is 4.91 Å². The minimum atomic E-state index is -0.0711. The summed E-state index contributed by atoms with van der Waals surface area (Å²) in [6, 6.07) is 3.78. The Bertz CT molecular complexity index is 396. The summed E-state index contributed by atoms with van der Waals surface area (Å²) in [5.41, 5.74) is 0. The van der Waals surface area contributed by atoms with Gasteiger partial charge in [0.25, 0.3) is 5.89 Å². The Morgan fingerprint density at radius 2 is 2.54 bits per heavy atom. The van der Waals surface area contributed by atoms with Crippen molar-refractivity contribution < 1.29 is 4.52 Å². The minimum absolute atomic E-state index is 0.0711. The molecule has 0 aromatic carbocycles. The molecule has 13 heavy (non-hydrogen) atoms. The molecule has 0 amide bonds. The Morgan fingerprint density at radius 3 is 3.23 bits per heavy atom. The van der Waals surface area contributed by atoms with Crippen LogP contribution in [0.25, 0.3) is 10.7 Å². The number of nitroso groups, excluding NO2 is 1. The quantitative estimate of drug-likeness (QED) is 0.703. The first kappa shape index (κ1) is 8.06. The van der Waals surface area contributed by atoms with Gasteiger partial charge in [-0.2, -0.15) is 9.89 Å². The van der Waals surface area contributed by atoms with E-state index >= 15 is 0 Å². The van der Waals surface area contributed by atoms with Crippen molar-refractivity contribution in [2.24, 2.45) is 5.18 Å². The molecule has 0 unspecified atom stereocenters. The summed E-state index contributed by atoms with van der Waals surface area (Å²) in [6.07, 6.45) is 0. The zero-order chi connectivity index (χ0) is 9.10. The van der Waals surface area contributed by atoms with Crippen molar-refractivity contribution in [3.05, 3.63) is 28.3 Å². The van der Waals surface area contributed by atoms with Gasteiger partial charge in [0.15, 0.2) is 6.54 Å². The van der Waals surface area contributed by atoms with Gasteiger partial charge >= 0.3 is 0 Å². The molecule has 0 radical (unpaired) electrons. The van der Waals surface area contributed by atoms with Gasteiger partial charge in [-0.25, -0.2) is 0 Å². The van der Waals surface area contributed by atoms with Crippen molar-refractivity contribution in [1.29, 1.82) is 0 Å². The second kappa shape index (κ2) is 3.44. The molecule has 6 heteroatoms. The highest BCUT2D eigenvalue weighted by molar-refractivity contribution is 7.13. The average molecular weight is 195 g/mol. The van der Waals surface area contributed by atoms with Gasteiger partial charge in [0.2, 0.25) is 5.82 Å². The molecule has 0 spiro atoms. The van der Waals surface area contributed by atoms with E-state index in [1.54, 1.807) is 0 Å².